The van der Waals surface area contributed by atoms with Gasteiger partial charge in [0.25, 0.3) is 0 Å². The Labute approximate surface area is 155 Å². The quantitative estimate of drug-likeness (QED) is 0.415. The zero-order chi connectivity index (χ0) is 17.7. The summed E-state index contributed by atoms with van der Waals surface area (Å²) < 4.78 is 6.91. The van der Waals surface area contributed by atoms with Gasteiger partial charge in [-0.05, 0) is 71.3 Å². The number of carbonyl (C=O) groups is 1. The van der Waals surface area contributed by atoms with Crippen LogP contribution in [0.2, 0.25) is 0 Å². The third kappa shape index (κ3) is 4.39. The number of halogens is 1. The molecule has 0 aliphatic heterocycles. The highest BCUT2D eigenvalue weighted by molar-refractivity contribution is 14.1. The molecule has 2 amide bonds. The summed E-state index contributed by atoms with van der Waals surface area (Å²) in [6.45, 7) is 4.38. The number of hydrogen-bond acceptors (Lipinski definition) is 3. The van der Waals surface area contributed by atoms with Crippen molar-refractivity contribution in [1.29, 1.82) is 0 Å². The van der Waals surface area contributed by atoms with Crippen LogP contribution >= 0.6 is 22.6 Å². The van der Waals surface area contributed by atoms with Crippen molar-refractivity contribution in [3.05, 3.63) is 56.7 Å². The van der Waals surface area contributed by atoms with E-state index in [-0.39, 0.29) is 6.61 Å². The summed E-state index contributed by atoms with van der Waals surface area (Å²) >= 11 is 2.19. The molecule has 0 saturated carbocycles. The van der Waals surface area contributed by atoms with Crippen LogP contribution in [-0.2, 0) is 13.0 Å². The second-order valence-electron chi connectivity index (χ2n) is 5.38. The molecule has 6 heteroatoms. The zero-order valence-electron chi connectivity index (χ0n) is 14.0. The van der Waals surface area contributed by atoms with Gasteiger partial charge in [-0.3, -0.25) is 5.21 Å². The van der Waals surface area contributed by atoms with Crippen LogP contribution in [0.15, 0.2) is 36.4 Å². The summed E-state index contributed by atoms with van der Waals surface area (Å²) in [4.78, 5) is 11.7. The van der Waals surface area contributed by atoms with Gasteiger partial charge >= 0.3 is 6.03 Å². The molecule has 0 saturated heterocycles. The molecule has 0 fully saturated rings. The molecular weight excluding hydrogens is 419 g/mol. The molecule has 0 radical (unpaired) electrons. The number of nitrogens with zero attached hydrogens (tertiary/aromatic N) is 1. The van der Waals surface area contributed by atoms with E-state index >= 15 is 0 Å². The van der Waals surface area contributed by atoms with Crippen molar-refractivity contribution in [2.45, 2.75) is 26.9 Å². The fourth-order valence-corrected chi connectivity index (χ4v) is 2.90. The molecule has 0 unspecified atom stereocenters. The summed E-state index contributed by atoms with van der Waals surface area (Å²) in [5, 5.41) is 13.0. The van der Waals surface area contributed by atoms with Crippen molar-refractivity contribution < 1.29 is 14.7 Å². The summed E-state index contributed by atoms with van der Waals surface area (Å²) in [6, 6.07) is 10.9. The van der Waals surface area contributed by atoms with E-state index in [1.54, 1.807) is 6.07 Å². The number of rotatable bonds is 5. The standard InChI is InChI=1S/C18H21IN2O3/c1-4-13-5-8-17(12(2)9-13)24-11-14-10-15(19)6-7-16(14)21(23)18(22)20-3/h5-10,23H,4,11H2,1-3H3,(H,20,22). The van der Waals surface area contributed by atoms with Crippen molar-refractivity contribution in [1.82, 2.24) is 5.32 Å². The van der Waals surface area contributed by atoms with Crippen molar-refractivity contribution in [2.75, 3.05) is 12.1 Å². The first kappa shape index (κ1) is 18.5. The van der Waals surface area contributed by atoms with Crippen molar-refractivity contribution in [3.8, 4) is 5.75 Å². The lowest BCUT2D eigenvalue weighted by Crippen LogP contribution is -2.36. The lowest BCUT2D eigenvalue weighted by molar-refractivity contribution is 0.205. The van der Waals surface area contributed by atoms with E-state index in [0.717, 1.165) is 26.9 Å². The fourth-order valence-electron chi connectivity index (χ4n) is 2.34. The maximum Gasteiger partial charge on any atom is 0.345 e. The van der Waals surface area contributed by atoms with Crippen LogP contribution in [0.5, 0.6) is 5.75 Å². The average molecular weight is 440 g/mol. The summed E-state index contributed by atoms with van der Waals surface area (Å²) in [5.74, 6) is 0.793. The van der Waals surface area contributed by atoms with Gasteiger partial charge in [-0.2, -0.15) is 5.06 Å². The topological polar surface area (TPSA) is 61.8 Å². The van der Waals surface area contributed by atoms with Gasteiger partial charge in [-0.15, -0.1) is 0 Å². The van der Waals surface area contributed by atoms with Crippen LogP contribution in [0.1, 0.15) is 23.6 Å². The van der Waals surface area contributed by atoms with E-state index in [2.05, 4.69) is 40.9 Å². The minimum atomic E-state index is -0.596. The highest BCUT2D eigenvalue weighted by Gasteiger charge is 2.16. The predicted molar refractivity (Wildman–Crippen MR) is 103 cm³/mol. The first-order valence-electron chi connectivity index (χ1n) is 7.67. The molecule has 0 bridgehead atoms. The van der Waals surface area contributed by atoms with E-state index < -0.39 is 6.03 Å². The minimum absolute atomic E-state index is 0.256. The average Bonchev–Trinajstić information content (AvgIpc) is 2.59. The molecule has 0 spiro atoms. The lowest BCUT2D eigenvalue weighted by Gasteiger charge is -2.19. The molecule has 0 aliphatic carbocycles. The van der Waals surface area contributed by atoms with Gasteiger partial charge in [0.2, 0.25) is 0 Å². The molecule has 2 N–H and O–H groups in total. The number of hydroxylamine groups is 1. The minimum Gasteiger partial charge on any atom is -0.489 e. The first-order chi connectivity index (χ1) is 11.5. The largest absolute Gasteiger partial charge is 0.489 e. The maximum atomic E-state index is 11.7. The van der Waals surface area contributed by atoms with E-state index in [9.17, 15) is 10.0 Å². The third-order valence-electron chi connectivity index (χ3n) is 3.71. The molecule has 2 aromatic rings. The number of nitrogens with one attached hydrogen (secondary N) is 1. The Morgan fingerprint density at radius 3 is 2.67 bits per heavy atom. The summed E-state index contributed by atoms with van der Waals surface area (Å²) in [7, 11) is 1.47. The highest BCUT2D eigenvalue weighted by atomic mass is 127. The van der Waals surface area contributed by atoms with Gasteiger partial charge in [-0.25, -0.2) is 4.79 Å². The second kappa shape index (κ2) is 8.34. The summed E-state index contributed by atoms with van der Waals surface area (Å²) in [5.41, 5.74) is 3.45. The molecule has 2 rings (SSSR count). The van der Waals surface area contributed by atoms with Gasteiger partial charge in [0.05, 0.1) is 5.69 Å². The number of hydrogen-bond donors (Lipinski definition) is 2. The normalized spacial score (nSPS) is 10.4. The molecule has 5 nitrogen and oxygen atoms in total. The Morgan fingerprint density at radius 2 is 2.04 bits per heavy atom. The lowest BCUT2D eigenvalue weighted by atomic mass is 10.1. The number of aryl methyl sites for hydroxylation is 2. The van der Waals surface area contributed by atoms with Gasteiger partial charge in [0.1, 0.15) is 12.4 Å². The maximum absolute atomic E-state index is 11.7. The monoisotopic (exact) mass is 440 g/mol. The van der Waals surface area contributed by atoms with Crippen LogP contribution in [0.3, 0.4) is 0 Å². The summed E-state index contributed by atoms with van der Waals surface area (Å²) in [6.07, 6.45) is 0.980. The second-order valence-corrected chi connectivity index (χ2v) is 6.63. The van der Waals surface area contributed by atoms with E-state index in [4.69, 9.17) is 4.74 Å². The molecular formula is C18H21IN2O3. The molecule has 0 aromatic heterocycles. The fraction of sp³-hybridized carbons (Fsp3) is 0.278. The Kier molecular flexibility index (Phi) is 6.44. The van der Waals surface area contributed by atoms with Gasteiger partial charge in [-0.1, -0.05) is 19.1 Å². The van der Waals surface area contributed by atoms with Crippen molar-refractivity contribution in [3.63, 3.8) is 0 Å². The Bertz CT molecular complexity index is 734. The predicted octanol–water partition coefficient (Wildman–Crippen LogP) is 4.28. The number of ether oxygens (including phenoxy) is 1. The van der Waals surface area contributed by atoms with Crippen LogP contribution in [-0.4, -0.2) is 18.3 Å². The van der Waals surface area contributed by atoms with E-state index in [1.165, 1.54) is 12.6 Å². The number of benzene rings is 2. The van der Waals surface area contributed by atoms with E-state index in [1.807, 2.05) is 31.2 Å². The Hall–Kier alpha value is -1.80. The van der Waals surface area contributed by atoms with Gasteiger partial charge in [0, 0.05) is 16.2 Å². The van der Waals surface area contributed by atoms with Crippen LogP contribution in [0.4, 0.5) is 10.5 Å². The number of anilines is 1. The third-order valence-corrected chi connectivity index (χ3v) is 4.38. The first-order valence-corrected chi connectivity index (χ1v) is 8.75. The molecule has 128 valence electrons. The SMILES string of the molecule is CCc1ccc(OCc2cc(I)ccc2N(O)C(=O)NC)c(C)c1. The number of carbonyl (C=O) groups excluding carboxylic acids is 1. The van der Waals surface area contributed by atoms with Gasteiger partial charge < -0.3 is 10.1 Å². The zero-order valence-corrected chi connectivity index (χ0v) is 16.1. The molecule has 0 heterocycles. The molecule has 2 aromatic carbocycles. The smallest absolute Gasteiger partial charge is 0.345 e. The Balaban J connectivity index is 2.23. The van der Waals surface area contributed by atoms with Crippen molar-refractivity contribution >= 4 is 34.3 Å². The molecule has 24 heavy (non-hydrogen) atoms. The van der Waals surface area contributed by atoms with Crippen LogP contribution < -0.4 is 15.1 Å². The van der Waals surface area contributed by atoms with Crippen LogP contribution in [0.25, 0.3) is 0 Å². The molecule has 0 aliphatic rings. The highest BCUT2D eigenvalue weighted by Crippen LogP contribution is 2.26. The number of urea groups is 1. The van der Waals surface area contributed by atoms with Gasteiger partial charge in [0.15, 0.2) is 0 Å². The van der Waals surface area contributed by atoms with Crippen LogP contribution in [0, 0.1) is 10.5 Å². The van der Waals surface area contributed by atoms with Crippen molar-refractivity contribution in [2.24, 2.45) is 0 Å². The molecule has 0 atom stereocenters. The number of amides is 2. The van der Waals surface area contributed by atoms with E-state index in [0.29, 0.717) is 10.8 Å². The Morgan fingerprint density at radius 1 is 1.29 bits per heavy atom.